The molecule has 0 radical (unpaired) electrons. The van der Waals surface area contributed by atoms with Crippen LogP contribution in [-0.4, -0.2) is 22.9 Å². The van der Waals surface area contributed by atoms with Crippen molar-refractivity contribution in [2.75, 3.05) is 0 Å². The van der Waals surface area contributed by atoms with Crippen molar-refractivity contribution in [3.8, 4) is 0 Å². The molecule has 4 heteroatoms. The summed E-state index contributed by atoms with van der Waals surface area (Å²) >= 11 is 8.26. The Bertz CT molecular complexity index is 453. The number of piperidine rings is 1. The van der Waals surface area contributed by atoms with Gasteiger partial charge in [-0.3, -0.25) is 4.79 Å². The minimum absolute atomic E-state index is 0.105. The number of hydrogen-bond donors (Lipinski definition) is 0. The molecule has 0 unspecified atom stereocenters. The molecule has 1 aliphatic heterocycles. The molecule has 1 aliphatic rings. The van der Waals surface area contributed by atoms with E-state index in [-0.39, 0.29) is 5.91 Å². The third-order valence-electron chi connectivity index (χ3n) is 3.59. The lowest BCUT2D eigenvalue weighted by Gasteiger charge is -2.39. The van der Waals surface area contributed by atoms with Crippen LogP contribution in [-0.2, 0) is 0 Å². The van der Waals surface area contributed by atoms with Gasteiger partial charge in [0.15, 0.2) is 0 Å². The molecule has 0 N–H and O–H groups in total. The first kappa shape index (κ1) is 14.1. The van der Waals surface area contributed by atoms with Gasteiger partial charge in [-0.1, -0.05) is 11.6 Å². The van der Waals surface area contributed by atoms with Crippen molar-refractivity contribution in [3.05, 3.63) is 32.4 Å². The molecule has 0 aromatic heterocycles. The molecule has 0 spiro atoms. The number of likely N-dealkylation sites (tertiary alicyclic amines) is 1. The summed E-state index contributed by atoms with van der Waals surface area (Å²) < 4.78 is 0.977. The number of carbonyl (C=O) groups is 1. The first-order valence-electron chi connectivity index (χ1n) is 6.28. The molecule has 1 fully saturated rings. The van der Waals surface area contributed by atoms with Crippen molar-refractivity contribution in [1.29, 1.82) is 0 Å². The number of carbonyl (C=O) groups excluding carboxylic acids is 1. The molecule has 1 heterocycles. The average molecular weight is 378 g/mol. The predicted molar refractivity (Wildman–Crippen MR) is 83.1 cm³/mol. The number of benzene rings is 1. The van der Waals surface area contributed by atoms with E-state index in [9.17, 15) is 4.79 Å². The van der Waals surface area contributed by atoms with E-state index < -0.39 is 0 Å². The monoisotopic (exact) mass is 377 g/mol. The molecule has 0 aliphatic carbocycles. The summed E-state index contributed by atoms with van der Waals surface area (Å²) in [6, 6.07) is 6.18. The Hall–Kier alpha value is -0.290. The quantitative estimate of drug-likeness (QED) is 0.666. The molecular weight excluding hydrogens is 361 g/mol. The molecule has 2 nitrogen and oxygen atoms in total. The topological polar surface area (TPSA) is 20.3 Å². The Kier molecular flexibility index (Phi) is 4.54. The Labute approximate surface area is 127 Å². The van der Waals surface area contributed by atoms with Gasteiger partial charge in [0.05, 0.1) is 5.02 Å². The molecule has 0 saturated carbocycles. The molecule has 1 amide bonds. The van der Waals surface area contributed by atoms with E-state index in [0.717, 1.165) is 16.4 Å². The summed E-state index contributed by atoms with van der Waals surface area (Å²) in [5.41, 5.74) is 0.695. The Morgan fingerprint density at radius 3 is 2.50 bits per heavy atom. The summed E-state index contributed by atoms with van der Waals surface area (Å²) in [6.45, 7) is 4.25. The number of nitrogens with zero attached hydrogens (tertiary/aromatic N) is 1. The lowest BCUT2D eigenvalue weighted by molar-refractivity contribution is 0.0511. The van der Waals surface area contributed by atoms with Gasteiger partial charge in [0.1, 0.15) is 0 Å². The number of hydrogen-bond acceptors (Lipinski definition) is 1. The van der Waals surface area contributed by atoms with Gasteiger partial charge in [-0.15, -0.1) is 0 Å². The van der Waals surface area contributed by atoms with Crippen LogP contribution in [0.3, 0.4) is 0 Å². The highest BCUT2D eigenvalue weighted by Crippen LogP contribution is 2.26. The van der Waals surface area contributed by atoms with Crippen LogP contribution >= 0.6 is 34.2 Å². The number of halogens is 2. The minimum Gasteiger partial charge on any atom is -0.333 e. The SMILES string of the molecule is C[C@@H]1CCC[C@H](C)N1C(=O)c1ccc(I)c(Cl)c1. The van der Waals surface area contributed by atoms with Gasteiger partial charge < -0.3 is 4.90 Å². The van der Waals surface area contributed by atoms with Crippen LogP contribution in [0.5, 0.6) is 0 Å². The van der Waals surface area contributed by atoms with E-state index >= 15 is 0 Å². The molecular formula is C14H17ClINO. The zero-order valence-electron chi connectivity index (χ0n) is 10.6. The highest BCUT2D eigenvalue weighted by atomic mass is 127. The van der Waals surface area contributed by atoms with Gasteiger partial charge in [0.25, 0.3) is 5.91 Å². The normalized spacial score (nSPS) is 24.1. The Morgan fingerprint density at radius 2 is 1.94 bits per heavy atom. The van der Waals surface area contributed by atoms with Crippen LogP contribution in [0.2, 0.25) is 5.02 Å². The first-order chi connectivity index (χ1) is 8.50. The standard InChI is InChI=1S/C14H17ClINO/c1-9-4-3-5-10(2)17(9)14(18)11-6-7-13(16)12(15)8-11/h6-10H,3-5H2,1-2H3/t9-,10+. The minimum atomic E-state index is 0.105. The smallest absolute Gasteiger partial charge is 0.254 e. The highest BCUT2D eigenvalue weighted by Gasteiger charge is 2.29. The Balaban J connectivity index is 2.26. The Morgan fingerprint density at radius 1 is 1.33 bits per heavy atom. The van der Waals surface area contributed by atoms with Gasteiger partial charge in [0.2, 0.25) is 0 Å². The molecule has 2 rings (SSSR count). The summed E-state index contributed by atoms with van der Waals surface area (Å²) in [7, 11) is 0. The van der Waals surface area contributed by atoms with Crippen LogP contribution in [0.25, 0.3) is 0 Å². The molecule has 18 heavy (non-hydrogen) atoms. The van der Waals surface area contributed by atoms with Crippen molar-refractivity contribution in [3.63, 3.8) is 0 Å². The molecule has 98 valence electrons. The van der Waals surface area contributed by atoms with Gasteiger partial charge >= 0.3 is 0 Å². The van der Waals surface area contributed by atoms with Crippen LogP contribution in [0, 0.1) is 3.57 Å². The third kappa shape index (κ3) is 2.82. The second-order valence-electron chi connectivity index (χ2n) is 4.97. The van der Waals surface area contributed by atoms with E-state index in [1.165, 1.54) is 6.42 Å². The lowest BCUT2D eigenvalue weighted by Crippen LogP contribution is -2.47. The van der Waals surface area contributed by atoms with Crippen molar-refractivity contribution >= 4 is 40.1 Å². The second-order valence-corrected chi connectivity index (χ2v) is 6.54. The largest absolute Gasteiger partial charge is 0.333 e. The fraction of sp³-hybridized carbons (Fsp3) is 0.500. The number of rotatable bonds is 1. The first-order valence-corrected chi connectivity index (χ1v) is 7.74. The van der Waals surface area contributed by atoms with Crippen molar-refractivity contribution in [1.82, 2.24) is 4.90 Å². The maximum atomic E-state index is 12.5. The number of amides is 1. The maximum absolute atomic E-state index is 12.5. The summed E-state index contributed by atoms with van der Waals surface area (Å²) in [4.78, 5) is 14.6. The van der Waals surface area contributed by atoms with Crippen molar-refractivity contribution in [2.24, 2.45) is 0 Å². The molecule has 1 aromatic carbocycles. The van der Waals surface area contributed by atoms with Crippen LogP contribution in [0.4, 0.5) is 0 Å². The molecule has 1 saturated heterocycles. The third-order valence-corrected chi connectivity index (χ3v) is 5.17. The van der Waals surface area contributed by atoms with E-state index in [2.05, 4.69) is 36.4 Å². The highest BCUT2D eigenvalue weighted by molar-refractivity contribution is 14.1. The zero-order chi connectivity index (χ0) is 13.3. The fourth-order valence-electron chi connectivity index (χ4n) is 2.60. The average Bonchev–Trinajstić information content (AvgIpc) is 2.32. The molecule has 0 bridgehead atoms. The van der Waals surface area contributed by atoms with E-state index in [1.54, 1.807) is 6.07 Å². The van der Waals surface area contributed by atoms with E-state index in [4.69, 9.17) is 11.6 Å². The van der Waals surface area contributed by atoms with Gasteiger partial charge in [-0.2, -0.15) is 0 Å². The second kappa shape index (κ2) is 5.78. The van der Waals surface area contributed by atoms with Crippen molar-refractivity contribution in [2.45, 2.75) is 45.2 Å². The predicted octanol–water partition coefficient (Wildman–Crippen LogP) is 4.35. The van der Waals surface area contributed by atoms with E-state index in [1.807, 2.05) is 17.0 Å². The molecule has 2 atom stereocenters. The summed E-state index contributed by atoms with van der Waals surface area (Å²) in [5, 5.41) is 0.652. The maximum Gasteiger partial charge on any atom is 0.254 e. The lowest BCUT2D eigenvalue weighted by atomic mass is 9.96. The zero-order valence-corrected chi connectivity index (χ0v) is 13.5. The van der Waals surface area contributed by atoms with Gasteiger partial charge in [-0.05, 0) is 73.9 Å². The van der Waals surface area contributed by atoms with Crippen LogP contribution in [0.1, 0.15) is 43.5 Å². The molecule has 1 aromatic rings. The summed E-state index contributed by atoms with van der Waals surface area (Å²) in [6.07, 6.45) is 3.39. The van der Waals surface area contributed by atoms with E-state index in [0.29, 0.717) is 22.7 Å². The van der Waals surface area contributed by atoms with Crippen LogP contribution < -0.4 is 0 Å². The van der Waals surface area contributed by atoms with Gasteiger partial charge in [-0.25, -0.2) is 0 Å². The van der Waals surface area contributed by atoms with Crippen molar-refractivity contribution < 1.29 is 4.79 Å². The fourth-order valence-corrected chi connectivity index (χ4v) is 3.12. The van der Waals surface area contributed by atoms with Gasteiger partial charge in [0, 0.05) is 21.2 Å². The summed E-state index contributed by atoms with van der Waals surface area (Å²) in [5.74, 6) is 0.105. The van der Waals surface area contributed by atoms with Crippen LogP contribution in [0.15, 0.2) is 18.2 Å².